The summed E-state index contributed by atoms with van der Waals surface area (Å²) in [4.78, 5) is 18.3. The molecule has 1 fully saturated rings. The Hall–Kier alpha value is -1.62. The molecule has 1 aromatic rings. The summed E-state index contributed by atoms with van der Waals surface area (Å²) in [5, 5.41) is 0. The van der Waals surface area contributed by atoms with Gasteiger partial charge in [0.1, 0.15) is 5.60 Å². The van der Waals surface area contributed by atoms with Crippen molar-refractivity contribution in [3.8, 4) is 0 Å². The van der Waals surface area contributed by atoms with Crippen molar-refractivity contribution in [1.82, 2.24) is 9.88 Å². The summed E-state index contributed by atoms with van der Waals surface area (Å²) in [6, 6.07) is 4.09. The fraction of sp³-hybridized carbons (Fsp3) is 0.667. The van der Waals surface area contributed by atoms with Gasteiger partial charge < -0.3 is 14.4 Å². The Bertz CT molecular complexity index is 531. The highest BCUT2D eigenvalue weighted by atomic mass is 16.6. The first-order valence-corrected chi connectivity index (χ1v) is 8.26. The van der Waals surface area contributed by atoms with E-state index in [1.807, 2.05) is 46.8 Å². The second-order valence-electron chi connectivity index (χ2n) is 7.26. The van der Waals surface area contributed by atoms with Crippen LogP contribution in [0, 0.1) is 13.8 Å². The van der Waals surface area contributed by atoms with E-state index >= 15 is 0 Å². The average Bonchev–Trinajstić information content (AvgIpc) is 2.43. The van der Waals surface area contributed by atoms with Gasteiger partial charge in [-0.15, -0.1) is 0 Å². The second-order valence-corrected chi connectivity index (χ2v) is 7.26. The van der Waals surface area contributed by atoms with Crippen molar-refractivity contribution in [1.29, 1.82) is 0 Å². The van der Waals surface area contributed by atoms with E-state index in [-0.39, 0.29) is 12.2 Å². The molecular formula is C18H28N2O3. The lowest BCUT2D eigenvalue weighted by atomic mass is 10.1. The van der Waals surface area contributed by atoms with Crippen LogP contribution in [0.15, 0.2) is 12.1 Å². The van der Waals surface area contributed by atoms with Crippen LogP contribution in [0.3, 0.4) is 0 Å². The molecule has 1 amide bonds. The van der Waals surface area contributed by atoms with Crippen LogP contribution >= 0.6 is 0 Å². The van der Waals surface area contributed by atoms with Crippen LogP contribution < -0.4 is 0 Å². The molecule has 2 rings (SSSR count). The van der Waals surface area contributed by atoms with Gasteiger partial charge in [-0.1, -0.05) is 0 Å². The number of pyridine rings is 1. The van der Waals surface area contributed by atoms with Crippen LogP contribution in [-0.2, 0) is 16.1 Å². The summed E-state index contributed by atoms with van der Waals surface area (Å²) in [6.45, 7) is 11.5. The molecule has 0 aromatic carbocycles. The summed E-state index contributed by atoms with van der Waals surface area (Å²) in [5.74, 6) is 0. The smallest absolute Gasteiger partial charge is 0.410 e. The molecule has 1 atom stereocenters. The molecule has 1 aliphatic heterocycles. The molecule has 1 aromatic heterocycles. The maximum Gasteiger partial charge on any atom is 0.410 e. The normalized spacial score (nSPS) is 18.8. The zero-order valence-electron chi connectivity index (χ0n) is 14.9. The quantitative estimate of drug-likeness (QED) is 0.853. The van der Waals surface area contributed by atoms with Gasteiger partial charge in [0, 0.05) is 17.9 Å². The van der Waals surface area contributed by atoms with Gasteiger partial charge in [-0.3, -0.25) is 4.98 Å². The number of hydrogen-bond donors (Lipinski definition) is 0. The van der Waals surface area contributed by atoms with Gasteiger partial charge in [0.15, 0.2) is 0 Å². The molecule has 1 saturated heterocycles. The predicted molar refractivity (Wildman–Crippen MR) is 89.3 cm³/mol. The van der Waals surface area contributed by atoms with Gasteiger partial charge in [-0.05, 0) is 65.2 Å². The van der Waals surface area contributed by atoms with Crippen molar-refractivity contribution >= 4 is 6.09 Å². The molecule has 5 heteroatoms. The molecule has 0 unspecified atom stereocenters. The summed E-state index contributed by atoms with van der Waals surface area (Å²) in [5.41, 5.74) is 2.67. The van der Waals surface area contributed by atoms with E-state index in [0.717, 1.165) is 36.3 Å². The fourth-order valence-corrected chi connectivity index (χ4v) is 2.78. The van der Waals surface area contributed by atoms with E-state index in [2.05, 4.69) is 4.98 Å². The Morgan fingerprint density at radius 2 is 1.96 bits per heavy atom. The Balaban J connectivity index is 1.87. The number of aryl methyl sites for hydroxylation is 2. The number of aromatic nitrogens is 1. The van der Waals surface area contributed by atoms with Crippen molar-refractivity contribution in [2.75, 3.05) is 13.1 Å². The molecule has 0 radical (unpaired) electrons. The molecule has 2 heterocycles. The van der Waals surface area contributed by atoms with Crippen LogP contribution in [0.5, 0.6) is 0 Å². The van der Waals surface area contributed by atoms with E-state index in [1.54, 1.807) is 4.90 Å². The molecule has 5 nitrogen and oxygen atoms in total. The lowest BCUT2D eigenvalue weighted by Crippen LogP contribution is -2.45. The Kier molecular flexibility index (Phi) is 5.63. The highest BCUT2D eigenvalue weighted by Gasteiger charge is 2.27. The van der Waals surface area contributed by atoms with Crippen molar-refractivity contribution in [3.05, 3.63) is 29.1 Å². The largest absolute Gasteiger partial charge is 0.444 e. The van der Waals surface area contributed by atoms with Crippen LogP contribution in [0.25, 0.3) is 0 Å². The van der Waals surface area contributed by atoms with Crippen molar-refractivity contribution in [2.24, 2.45) is 0 Å². The number of carbonyl (C=O) groups is 1. The lowest BCUT2D eigenvalue weighted by Gasteiger charge is -2.34. The maximum absolute atomic E-state index is 12.2. The van der Waals surface area contributed by atoms with E-state index in [9.17, 15) is 4.79 Å². The second kappa shape index (κ2) is 7.30. The molecule has 0 bridgehead atoms. The molecule has 0 spiro atoms. The van der Waals surface area contributed by atoms with Crippen LogP contribution in [0.2, 0.25) is 0 Å². The molecule has 0 N–H and O–H groups in total. The van der Waals surface area contributed by atoms with Crippen LogP contribution in [0.1, 0.15) is 50.6 Å². The number of hydrogen-bond acceptors (Lipinski definition) is 4. The first-order valence-electron chi connectivity index (χ1n) is 8.26. The number of likely N-dealkylation sites (tertiary alicyclic amines) is 1. The van der Waals surface area contributed by atoms with E-state index in [0.29, 0.717) is 13.2 Å². The molecule has 0 saturated carbocycles. The molecule has 23 heavy (non-hydrogen) atoms. The van der Waals surface area contributed by atoms with Gasteiger partial charge in [-0.2, -0.15) is 0 Å². The van der Waals surface area contributed by atoms with E-state index in [1.165, 1.54) is 0 Å². The van der Waals surface area contributed by atoms with Crippen LogP contribution in [0.4, 0.5) is 4.79 Å². The van der Waals surface area contributed by atoms with Crippen molar-refractivity contribution in [3.63, 3.8) is 0 Å². The Morgan fingerprint density at radius 1 is 1.30 bits per heavy atom. The summed E-state index contributed by atoms with van der Waals surface area (Å²) in [6.07, 6.45) is 1.73. The third-order valence-corrected chi connectivity index (χ3v) is 3.66. The minimum Gasteiger partial charge on any atom is -0.444 e. The van der Waals surface area contributed by atoms with Gasteiger partial charge in [0.2, 0.25) is 0 Å². The molecule has 0 aliphatic carbocycles. The highest BCUT2D eigenvalue weighted by Crippen LogP contribution is 2.18. The number of nitrogens with zero attached hydrogens (tertiary/aromatic N) is 2. The SMILES string of the molecule is Cc1cc(CO[C@H]2CCCN(C(=O)OC(C)(C)C)C2)cc(C)n1. The Labute approximate surface area is 139 Å². The zero-order valence-corrected chi connectivity index (χ0v) is 14.9. The summed E-state index contributed by atoms with van der Waals surface area (Å²) >= 11 is 0. The topological polar surface area (TPSA) is 51.7 Å². The minimum atomic E-state index is -0.461. The first-order chi connectivity index (χ1) is 10.7. The lowest BCUT2D eigenvalue weighted by molar-refractivity contribution is -0.0259. The fourth-order valence-electron chi connectivity index (χ4n) is 2.78. The summed E-state index contributed by atoms with van der Waals surface area (Å²) < 4.78 is 11.5. The van der Waals surface area contributed by atoms with Gasteiger partial charge in [0.05, 0.1) is 19.3 Å². The maximum atomic E-state index is 12.2. The first kappa shape index (κ1) is 17.7. The number of carbonyl (C=O) groups excluding carboxylic acids is 1. The number of piperidine rings is 1. The third kappa shape index (κ3) is 5.82. The standard InChI is InChI=1S/C18H28N2O3/c1-13-9-15(10-14(2)19-13)12-22-16-7-6-8-20(11-16)17(21)23-18(3,4)5/h9-10,16H,6-8,11-12H2,1-5H3/t16-/m0/s1. The summed E-state index contributed by atoms with van der Waals surface area (Å²) in [7, 11) is 0. The van der Waals surface area contributed by atoms with Crippen molar-refractivity contribution < 1.29 is 14.3 Å². The van der Waals surface area contributed by atoms with E-state index in [4.69, 9.17) is 9.47 Å². The number of amides is 1. The van der Waals surface area contributed by atoms with Gasteiger partial charge >= 0.3 is 6.09 Å². The molecule has 128 valence electrons. The third-order valence-electron chi connectivity index (χ3n) is 3.66. The molecular weight excluding hydrogens is 292 g/mol. The minimum absolute atomic E-state index is 0.0602. The monoisotopic (exact) mass is 320 g/mol. The van der Waals surface area contributed by atoms with Crippen LogP contribution in [-0.4, -0.2) is 40.8 Å². The predicted octanol–water partition coefficient (Wildman–Crippen LogP) is 3.61. The number of rotatable bonds is 3. The highest BCUT2D eigenvalue weighted by molar-refractivity contribution is 5.68. The van der Waals surface area contributed by atoms with E-state index < -0.39 is 5.60 Å². The van der Waals surface area contributed by atoms with Gasteiger partial charge in [-0.25, -0.2) is 4.79 Å². The van der Waals surface area contributed by atoms with Gasteiger partial charge in [0.25, 0.3) is 0 Å². The Morgan fingerprint density at radius 3 is 2.57 bits per heavy atom. The van der Waals surface area contributed by atoms with Crippen molar-refractivity contribution in [2.45, 2.75) is 65.8 Å². The number of ether oxygens (including phenoxy) is 2. The average molecular weight is 320 g/mol. The zero-order chi connectivity index (χ0) is 17.0. The molecule has 1 aliphatic rings.